The largest absolute Gasteiger partial charge is 0.367 e. The Kier molecular flexibility index (Phi) is 4.89. The van der Waals surface area contributed by atoms with E-state index in [1.165, 1.54) is 44.9 Å². The van der Waals surface area contributed by atoms with Gasteiger partial charge in [0.05, 0.1) is 5.69 Å². The minimum absolute atomic E-state index is 0.402. The normalized spacial score (nSPS) is 24.0. The zero-order valence-corrected chi connectivity index (χ0v) is 12.6. The topological polar surface area (TPSA) is 52.0 Å². The van der Waals surface area contributed by atoms with Gasteiger partial charge in [-0.3, -0.25) is 0 Å². The summed E-state index contributed by atoms with van der Waals surface area (Å²) in [7, 11) is 0. The lowest BCUT2D eigenvalue weighted by Gasteiger charge is -2.28. The number of nitrogens with zero attached hydrogens (tertiary/aromatic N) is 1. The fourth-order valence-corrected chi connectivity index (χ4v) is 3.42. The molecule has 3 heteroatoms. The van der Waals surface area contributed by atoms with Gasteiger partial charge in [-0.2, -0.15) is 0 Å². The number of hydrogen-bond acceptors (Lipinski definition) is 3. The summed E-state index contributed by atoms with van der Waals surface area (Å²) in [5.41, 5.74) is 8.20. The van der Waals surface area contributed by atoms with Crippen LogP contribution in [0.5, 0.6) is 0 Å². The number of rotatable bonds is 5. The summed E-state index contributed by atoms with van der Waals surface area (Å²) in [6.07, 6.45) is 9.28. The highest BCUT2D eigenvalue weighted by atomic mass is 16.5. The number of hydrogen-bond donors (Lipinski definition) is 1. The highest BCUT2D eigenvalue weighted by molar-refractivity contribution is 5.42. The van der Waals surface area contributed by atoms with Crippen molar-refractivity contribution in [2.45, 2.75) is 77.6 Å². The summed E-state index contributed by atoms with van der Waals surface area (Å²) < 4.78 is 5.23. The van der Waals surface area contributed by atoms with Gasteiger partial charge in [-0.15, -0.1) is 0 Å². The van der Waals surface area contributed by atoms with Gasteiger partial charge in [0, 0.05) is 11.5 Å². The summed E-state index contributed by atoms with van der Waals surface area (Å²) in [5, 5.41) is 4.25. The molecule has 2 N–H and O–H groups in total. The Hall–Kier alpha value is -0.990. The van der Waals surface area contributed by atoms with Crippen LogP contribution in [-0.4, -0.2) is 5.16 Å². The Morgan fingerprint density at radius 3 is 2.53 bits per heavy atom. The van der Waals surface area contributed by atoms with Gasteiger partial charge >= 0.3 is 0 Å². The Labute approximate surface area is 116 Å². The summed E-state index contributed by atoms with van der Waals surface area (Å²) in [6.45, 7) is 6.61. The Balaban J connectivity index is 1.98. The highest BCUT2D eigenvalue weighted by Gasteiger charge is 2.28. The first-order valence-electron chi connectivity index (χ1n) is 7.88. The van der Waals surface area contributed by atoms with Crippen LogP contribution >= 0.6 is 0 Å². The van der Waals surface area contributed by atoms with Crippen molar-refractivity contribution in [3.05, 3.63) is 11.3 Å². The van der Waals surface area contributed by atoms with E-state index < -0.39 is 0 Å². The second-order valence-corrected chi connectivity index (χ2v) is 6.36. The van der Waals surface area contributed by atoms with Gasteiger partial charge in [-0.25, -0.2) is 0 Å². The average molecular weight is 264 g/mol. The molecule has 1 fully saturated rings. The summed E-state index contributed by atoms with van der Waals surface area (Å²) in [6, 6.07) is 0. The third kappa shape index (κ3) is 3.31. The number of nitrogen functional groups attached to an aromatic ring is 1. The second-order valence-electron chi connectivity index (χ2n) is 6.36. The quantitative estimate of drug-likeness (QED) is 0.827. The minimum Gasteiger partial charge on any atom is -0.367 e. The van der Waals surface area contributed by atoms with Crippen LogP contribution in [0.25, 0.3) is 0 Å². The van der Waals surface area contributed by atoms with Crippen LogP contribution in [0.1, 0.15) is 88.8 Å². The van der Waals surface area contributed by atoms with Gasteiger partial charge in [0.2, 0.25) is 5.88 Å². The highest BCUT2D eigenvalue weighted by Crippen LogP contribution is 2.41. The van der Waals surface area contributed by atoms with Crippen LogP contribution in [0.3, 0.4) is 0 Å². The van der Waals surface area contributed by atoms with E-state index in [1.54, 1.807) is 0 Å². The van der Waals surface area contributed by atoms with Gasteiger partial charge in [-0.05, 0) is 37.5 Å². The Morgan fingerprint density at radius 2 is 1.95 bits per heavy atom. The van der Waals surface area contributed by atoms with E-state index >= 15 is 0 Å². The monoisotopic (exact) mass is 264 g/mol. The van der Waals surface area contributed by atoms with Crippen molar-refractivity contribution in [1.82, 2.24) is 5.16 Å². The molecule has 0 saturated heterocycles. The molecule has 0 bridgehead atoms. The molecule has 0 atom stereocenters. The first-order valence-corrected chi connectivity index (χ1v) is 7.88. The van der Waals surface area contributed by atoms with Gasteiger partial charge in [0.1, 0.15) is 0 Å². The molecule has 0 radical (unpaired) electrons. The zero-order chi connectivity index (χ0) is 13.8. The van der Waals surface area contributed by atoms with E-state index in [9.17, 15) is 0 Å². The summed E-state index contributed by atoms with van der Waals surface area (Å²) in [4.78, 5) is 0. The number of anilines is 1. The third-order valence-electron chi connectivity index (χ3n) is 4.56. The van der Waals surface area contributed by atoms with E-state index in [4.69, 9.17) is 10.3 Å². The molecule has 0 amide bonds. The Bertz CT molecular complexity index is 389. The number of nitrogens with two attached hydrogens (primary N) is 1. The van der Waals surface area contributed by atoms with Crippen molar-refractivity contribution in [2.24, 2.45) is 5.92 Å². The molecular formula is C16H28N2O. The van der Waals surface area contributed by atoms with Crippen LogP contribution in [-0.2, 0) is 0 Å². The molecule has 0 aromatic carbocycles. The van der Waals surface area contributed by atoms with E-state index in [0.29, 0.717) is 17.7 Å². The van der Waals surface area contributed by atoms with Crippen molar-refractivity contribution in [2.75, 3.05) is 5.73 Å². The molecule has 2 rings (SSSR count). The average Bonchev–Trinajstić information content (AvgIpc) is 2.79. The van der Waals surface area contributed by atoms with Crippen molar-refractivity contribution < 1.29 is 4.52 Å². The smallest absolute Gasteiger partial charge is 0.225 e. The second kappa shape index (κ2) is 6.44. The van der Waals surface area contributed by atoms with Crippen molar-refractivity contribution in [3.8, 4) is 0 Å². The first kappa shape index (κ1) is 14.4. The van der Waals surface area contributed by atoms with E-state index in [1.807, 2.05) is 0 Å². The molecule has 1 heterocycles. The number of aromatic nitrogens is 1. The fourth-order valence-electron chi connectivity index (χ4n) is 3.42. The molecule has 1 aliphatic rings. The van der Waals surface area contributed by atoms with Gasteiger partial charge < -0.3 is 10.3 Å². The van der Waals surface area contributed by atoms with Crippen molar-refractivity contribution in [3.63, 3.8) is 0 Å². The molecule has 0 spiro atoms. The molecule has 1 aromatic rings. The molecule has 0 unspecified atom stereocenters. The first-order chi connectivity index (χ1) is 9.13. The third-order valence-corrected chi connectivity index (χ3v) is 4.56. The van der Waals surface area contributed by atoms with Gasteiger partial charge in [0.15, 0.2) is 0 Å². The molecular weight excluding hydrogens is 236 g/mol. The fraction of sp³-hybridized carbons (Fsp3) is 0.812. The lowest BCUT2D eigenvalue weighted by Crippen LogP contribution is -2.15. The molecule has 3 nitrogen and oxygen atoms in total. The van der Waals surface area contributed by atoms with Crippen LogP contribution in [0.2, 0.25) is 0 Å². The lowest BCUT2D eigenvalue weighted by atomic mass is 9.77. The summed E-state index contributed by atoms with van der Waals surface area (Å²) in [5.74, 6) is 2.43. The lowest BCUT2D eigenvalue weighted by molar-refractivity contribution is 0.294. The molecule has 19 heavy (non-hydrogen) atoms. The maximum absolute atomic E-state index is 5.91. The summed E-state index contributed by atoms with van der Waals surface area (Å²) >= 11 is 0. The predicted octanol–water partition coefficient (Wildman–Crippen LogP) is 4.84. The Morgan fingerprint density at radius 1 is 1.26 bits per heavy atom. The van der Waals surface area contributed by atoms with Gasteiger partial charge in [-0.1, -0.05) is 45.2 Å². The van der Waals surface area contributed by atoms with E-state index in [2.05, 4.69) is 25.9 Å². The maximum atomic E-state index is 5.91. The van der Waals surface area contributed by atoms with Crippen LogP contribution in [0.4, 0.5) is 5.88 Å². The standard InChI is InChI=1S/C16H28N2O/c1-4-5-6-12-7-9-13(10-8-12)15-14(11(2)3)16(17)19-18-15/h11-13H,4-10,17H2,1-3H3. The van der Waals surface area contributed by atoms with E-state index in [-0.39, 0.29) is 0 Å². The SMILES string of the molecule is CCCCC1CCC(c2noc(N)c2C(C)C)CC1. The molecule has 1 aromatic heterocycles. The van der Waals surface area contributed by atoms with Crippen molar-refractivity contribution >= 4 is 5.88 Å². The maximum Gasteiger partial charge on any atom is 0.225 e. The minimum atomic E-state index is 0.402. The van der Waals surface area contributed by atoms with E-state index in [0.717, 1.165) is 17.2 Å². The molecule has 108 valence electrons. The van der Waals surface area contributed by atoms with Crippen molar-refractivity contribution in [1.29, 1.82) is 0 Å². The van der Waals surface area contributed by atoms with Crippen LogP contribution in [0.15, 0.2) is 4.52 Å². The zero-order valence-electron chi connectivity index (χ0n) is 12.6. The van der Waals surface area contributed by atoms with Gasteiger partial charge in [0.25, 0.3) is 0 Å². The van der Waals surface area contributed by atoms with Crippen LogP contribution in [0, 0.1) is 5.92 Å². The molecule has 1 saturated carbocycles. The molecule has 0 aliphatic heterocycles. The van der Waals surface area contributed by atoms with Crippen LogP contribution < -0.4 is 5.73 Å². The predicted molar refractivity (Wildman–Crippen MR) is 79.2 cm³/mol. The molecule has 1 aliphatic carbocycles. The number of unbranched alkanes of at least 4 members (excludes halogenated alkanes) is 1.